The van der Waals surface area contributed by atoms with E-state index in [9.17, 15) is 5.11 Å². The number of rotatable bonds is 3. The van der Waals surface area contributed by atoms with Crippen LogP contribution in [0.15, 0.2) is 29.2 Å². The van der Waals surface area contributed by atoms with Crippen molar-refractivity contribution in [2.75, 3.05) is 5.75 Å². The molecule has 0 aromatic heterocycles. The maximum atomic E-state index is 9.29. The first-order valence-corrected chi connectivity index (χ1v) is 6.25. The fourth-order valence-electron chi connectivity index (χ4n) is 1.96. The average Bonchev–Trinajstić information content (AvgIpc) is 2.67. The molecule has 0 aliphatic heterocycles. The molecule has 0 saturated heterocycles. The Morgan fingerprint density at radius 2 is 2.07 bits per heavy atom. The van der Waals surface area contributed by atoms with E-state index in [0.717, 1.165) is 5.92 Å². The van der Waals surface area contributed by atoms with Crippen LogP contribution in [-0.2, 0) is 0 Å². The average molecular weight is 208 g/mol. The predicted molar refractivity (Wildman–Crippen MR) is 60.8 cm³/mol. The SMILES string of the molecule is Oc1cccc(SCC2CCCC2)c1. The van der Waals surface area contributed by atoms with E-state index in [1.54, 1.807) is 6.07 Å². The van der Waals surface area contributed by atoms with Crippen molar-refractivity contribution in [1.82, 2.24) is 0 Å². The van der Waals surface area contributed by atoms with Gasteiger partial charge >= 0.3 is 0 Å². The zero-order valence-electron chi connectivity index (χ0n) is 8.28. The molecule has 1 nitrogen and oxygen atoms in total. The molecule has 0 heterocycles. The van der Waals surface area contributed by atoms with Gasteiger partial charge in [0.1, 0.15) is 5.75 Å². The molecule has 0 spiro atoms. The Morgan fingerprint density at radius 1 is 1.29 bits per heavy atom. The lowest BCUT2D eigenvalue weighted by atomic mass is 10.1. The van der Waals surface area contributed by atoms with Crippen molar-refractivity contribution in [1.29, 1.82) is 0 Å². The van der Waals surface area contributed by atoms with Crippen LogP contribution in [0.5, 0.6) is 5.75 Å². The Bertz CT molecular complexity index is 292. The van der Waals surface area contributed by atoms with Gasteiger partial charge in [-0.2, -0.15) is 0 Å². The molecule has 0 atom stereocenters. The summed E-state index contributed by atoms with van der Waals surface area (Å²) in [6.07, 6.45) is 5.61. The lowest BCUT2D eigenvalue weighted by molar-refractivity contribution is 0.474. The topological polar surface area (TPSA) is 20.2 Å². The summed E-state index contributed by atoms with van der Waals surface area (Å²) in [5.41, 5.74) is 0. The highest BCUT2D eigenvalue weighted by Crippen LogP contribution is 2.31. The smallest absolute Gasteiger partial charge is 0.116 e. The summed E-state index contributed by atoms with van der Waals surface area (Å²) in [4.78, 5) is 1.19. The second-order valence-corrected chi connectivity index (χ2v) is 5.05. The first-order valence-electron chi connectivity index (χ1n) is 5.26. The molecule has 0 radical (unpaired) electrons. The van der Waals surface area contributed by atoms with E-state index in [4.69, 9.17) is 0 Å². The Balaban J connectivity index is 1.85. The number of phenolic OH excluding ortho intramolecular Hbond substituents is 1. The number of phenols is 1. The van der Waals surface area contributed by atoms with Crippen LogP contribution in [0, 0.1) is 5.92 Å². The van der Waals surface area contributed by atoms with Crippen LogP contribution in [0.1, 0.15) is 25.7 Å². The Hall–Kier alpha value is -0.630. The molecule has 1 aromatic carbocycles. The third-order valence-electron chi connectivity index (χ3n) is 2.78. The molecule has 1 N–H and O–H groups in total. The lowest BCUT2D eigenvalue weighted by Crippen LogP contribution is -1.95. The van der Waals surface area contributed by atoms with E-state index < -0.39 is 0 Å². The molecule has 1 saturated carbocycles. The molecule has 1 aromatic rings. The van der Waals surface area contributed by atoms with Crippen molar-refractivity contribution < 1.29 is 5.11 Å². The third kappa shape index (κ3) is 2.68. The summed E-state index contributed by atoms with van der Waals surface area (Å²) in [7, 11) is 0. The number of hydrogen-bond donors (Lipinski definition) is 1. The Kier molecular flexibility index (Phi) is 3.35. The molecule has 2 rings (SSSR count). The second-order valence-electron chi connectivity index (χ2n) is 3.96. The number of thioether (sulfide) groups is 1. The maximum absolute atomic E-state index is 9.29. The zero-order valence-corrected chi connectivity index (χ0v) is 9.09. The molecular formula is C12H16OS. The first kappa shape index (κ1) is 9.91. The standard InChI is InChI=1S/C12H16OS/c13-11-6-3-7-12(8-11)14-9-10-4-1-2-5-10/h3,6-8,10,13H,1-2,4-5,9H2. The van der Waals surface area contributed by atoms with E-state index in [2.05, 4.69) is 6.07 Å². The fourth-order valence-corrected chi connectivity index (χ4v) is 3.10. The second kappa shape index (κ2) is 4.74. The number of hydrogen-bond acceptors (Lipinski definition) is 2. The van der Waals surface area contributed by atoms with Crippen LogP contribution in [-0.4, -0.2) is 10.9 Å². The summed E-state index contributed by atoms with van der Waals surface area (Å²) < 4.78 is 0. The highest BCUT2D eigenvalue weighted by Gasteiger charge is 2.14. The van der Waals surface area contributed by atoms with Gasteiger partial charge in [-0.3, -0.25) is 0 Å². The van der Waals surface area contributed by atoms with Gasteiger partial charge in [-0.25, -0.2) is 0 Å². The van der Waals surface area contributed by atoms with Crippen LogP contribution in [0.3, 0.4) is 0 Å². The molecule has 1 aliphatic rings. The molecule has 76 valence electrons. The van der Waals surface area contributed by atoms with Gasteiger partial charge < -0.3 is 5.11 Å². The van der Waals surface area contributed by atoms with Gasteiger partial charge in [0, 0.05) is 10.6 Å². The highest BCUT2D eigenvalue weighted by atomic mass is 32.2. The van der Waals surface area contributed by atoms with E-state index in [1.807, 2.05) is 23.9 Å². The van der Waals surface area contributed by atoms with E-state index >= 15 is 0 Å². The minimum atomic E-state index is 0.376. The largest absolute Gasteiger partial charge is 0.508 e. The Morgan fingerprint density at radius 3 is 2.79 bits per heavy atom. The van der Waals surface area contributed by atoms with Crippen LogP contribution in [0.2, 0.25) is 0 Å². The van der Waals surface area contributed by atoms with Crippen LogP contribution in [0.25, 0.3) is 0 Å². The molecular weight excluding hydrogens is 192 g/mol. The molecule has 0 amide bonds. The highest BCUT2D eigenvalue weighted by molar-refractivity contribution is 7.99. The molecule has 2 heteroatoms. The maximum Gasteiger partial charge on any atom is 0.116 e. The molecule has 14 heavy (non-hydrogen) atoms. The predicted octanol–water partition coefficient (Wildman–Crippen LogP) is 3.67. The normalized spacial score (nSPS) is 17.4. The summed E-state index contributed by atoms with van der Waals surface area (Å²) in [6.45, 7) is 0. The fraction of sp³-hybridized carbons (Fsp3) is 0.500. The zero-order chi connectivity index (χ0) is 9.80. The van der Waals surface area contributed by atoms with E-state index in [-0.39, 0.29) is 0 Å². The van der Waals surface area contributed by atoms with Crippen molar-refractivity contribution in [3.63, 3.8) is 0 Å². The van der Waals surface area contributed by atoms with Gasteiger partial charge in [0.05, 0.1) is 0 Å². The van der Waals surface area contributed by atoms with Gasteiger partial charge in [-0.05, 0) is 37.0 Å². The monoisotopic (exact) mass is 208 g/mol. The molecule has 0 unspecified atom stereocenters. The van der Waals surface area contributed by atoms with Crippen molar-refractivity contribution in [2.24, 2.45) is 5.92 Å². The number of benzene rings is 1. The van der Waals surface area contributed by atoms with Gasteiger partial charge in [0.15, 0.2) is 0 Å². The van der Waals surface area contributed by atoms with Crippen molar-refractivity contribution in [2.45, 2.75) is 30.6 Å². The van der Waals surface area contributed by atoms with Crippen molar-refractivity contribution in [3.05, 3.63) is 24.3 Å². The lowest BCUT2D eigenvalue weighted by Gasteiger charge is -2.07. The van der Waals surface area contributed by atoms with Gasteiger partial charge in [0.25, 0.3) is 0 Å². The van der Waals surface area contributed by atoms with Crippen LogP contribution < -0.4 is 0 Å². The summed E-state index contributed by atoms with van der Waals surface area (Å²) >= 11 is 1.87. The molecule has 0 bridgehead atoms. The first-order chi connectivity index (χ1) is 6.84. The van der Waals surface area contributed by atoms with Crippen molar-refractivity contribution in [3.8, 4) is 5.75 Å². The Labute approximate surface area is 89.5 Å². The quantitative estimate of drug-likeness (QED) is 0.765. The van der Waals surface area contributed by atoms with E-state index in [0.29, 0.717) is 5.75 Å². The van der Waals surface area contributed by atoms with Crippen LogP contribution >= 0.6 is 11.8 Å². The minimum Gasteiger partial charge on any atom is -0.508 e. The summed E-state index contributed by atoms with van der Waals surface area (Å²) in [5, 5.41) is 9.29. The van der Waals surface area contributed by atoms with Gasteiger partial charge in [-0.15, -0.1) is 11.8 Å². The van der Waals surface area contributed by atoms with Gasteiger partial charge in [-0.1, -0.05) is 18.9 Å². The molecule has 1 fully saturated rings. The number of aromatic hydroxyl groups is 1. The minimum absolute atomic E-state index is 0.376. The van der Waals surface area contributed by atoms with Crippen LogP contribution in [0.4, 0.5) is 0 Å². The molecule has 1 aliphatic carbocycles. The third-order valence-corrected chi connectivity index (χ3v) is 4.00. The summed E-state index contributed by atoms with van der Waals surface area (Å²) in [6, 6.07) is 7.55. The summed E-state index contributed by atoms with van der Waals surface area (Å²) in [5.74, 6) is 2.49. The van der Waals surface area contributed by atoms with E-state index in [1.165, 1.54) is 36.3 Å². The van der Waals surface area contributed by atoms with Crippen molar-refractivity contribution >= 4 is 11.8 Å². The van der Waals surface area contributed by atoms with Gasteiger partial charge in [0.2, 0.25) is 0 Å².